The largest absolute Gasteiger partial charge is 0.453 e. The van der Waals surface area contributed by atoms with Crippen LogP contribution in [0.3, 0.4) is 0 Å². The summed E-state index contributed by atoms with van der Waals surface area (Å²) in [6.07, 6.45) is 2.59. The van der Waals surface area contributed by atoms with Crippen LogP contribution in [0, 0.1) is 5.92 Å². The molecule has 6 heteroatoms. The summed E-state index contributed by atoms with van der Waals surface area (Å²) in [5.74, 6) is 0.954. The third-order valence-corrected chi connectivity index (χ3v) is 4.59. The normalized spacial score (nSPS) is 19.8. The number of methoxy groups -OCH3 is 1. The van der Waals surface area contributed by atoms with Gasteiger partial charge in [-0.1, -0.05) is 20.8 Å². The zero-order chi connectivity index (χ0) is 17.2. The van der Waals surface area contributed by atoms with Crippen molar-refractivity contribution in [3.63, 3.8) is 0 Å². The van der Waals surface area contributed by atoms with Crippen molar-refractivity contribution in [2.24, 2.45) is 5.92 Å². The van der Waals surface area contributed by atoms with Gasteiger partial charge in [-0.25, -0.2) is 4.79 Å². The van der Waals surface area contributed by atoms with Crippen molar-refractivity contribution in [1.82, 2.24) is 14.7 Å². The molecule has 134 valence electrons. The number of piperazine rings is 1. The Hall–Kier alpha value is -1.30. The average molecular weight is 327 g/mol. The summed E-state index contributed by atoms with van der Waals surface area (Å²) >= 11 is 0. The van der Waals surface area contributed by atoms with E-state index in [2.05, 4.69) is 4.90 Å². The van der Waals surface area contributed by atoms with E-state index in [-0.39, 0.29) is 12.0 Å². The van der Waals surface area contributed by atoms with Crippen LogP contribution < -0.4 is 0 Å². The minimum absolute atomic E-state index is 0.221. The van der Waals surface area contributed by atoms with Crippen LogP contribution in [-0.4, -0.2) is 79.6 Å². The van der Waals surface area contributed by atoms with E-state index < -0.39 is 0 Å². The van der Waals surface area contributed by atoms with Gasteiger partial charge in [0.1, 0.15) is 0 Å². The number of ether oxygens (including phenoxy) is 1. The first-order chi connectivity index (χ1) is 11.1. The van der Waals surface area contributed by atoms with E-state index in [1.807, 2.05) is 25.7 Å². The molecular formula is C17H33N3O3. The first kappa shape index (κ1) is 19.7. The fraction of sp³-hybridized carbons (Fsp3) is 0.882. The molecule has 0 radical (unpaired) electrons. The van der Waals surface area contributed by atoms with Crippen LogP contribution in [0.25, 0.3) is 0 Å². The lowest BCUT2D eigenvalue weighted by atomic mass is 9.95. The molecule has 0 N–H and O–H groups in total. The lowest BCUT2D eigenvalue weighted by Gasteiger charge is -2.38. The van der Waals surface area contributed by atoms with Gasteiger partial charge in [0.05, 0.1) is 7.11 Å². The monoisotopic (exact) mass is 327 g/mol. The fourth-order valence-corrected chi connectivity index (χ4v) is 3.20. The maximum atomic E-state index is 11.7. The Labute approximate surface area is 140 Å². The van der Waals surface area contributed by atoms with E-state index in [1.165, 1.54) is 7.11 Å². The van der Waals surface area contributed by atoms with Gasteiger partial charge in [-0.3, -0.25) is 9.69 Å². The highest BCUT2D eigenvalue weighted by Crippen LogP contribution is 2.19. The van der Waals surface area contributed by atoms with Gasteiger partial charge >= 0.3 is 6.09 Å². The maximum absolute atomic E-state index is 11.7. The lowest BCUT2D eigenvalue weighted by Crippen LogP contribution is -2.50. The number of rotatable bonds is 3. The van der Waals surface area contributed by atoms with Gasteiger partial charge in [-0.2, -0.15) is 0 Å². The number of carbonyl (C=O) groups excluding carboxylic acids is 2. The van der Waals surface area contributed by atoms with Gasteiger partial charge < -0.3 is 14.5 Å². The van der Waals surface area contributed by atoms with Crippen LogP contribution >= 0.6 is 0 Å². The van der Waals surface area contributed by atoms with Crippen molar-refractivity contribution < 1.29 is 14.3 Å². The molecule has 2 fully saturated rings. The standard InChI is InChI=1S/C15H27N3O3.C2H6/c1-3-14(19)17-6-4-13(5-7-17)12-16-8-10-18(11-9-16)15(20)21-2;1-2/h13H,3-12H2,1-2H3;1-2H3. The summed E-state index contributed by atoms with van der Waals surface area (Å²) in [6.45, 7) is 12.2. The number of hydrogen-bond acceptors (Lipinski definition) is 4. The Morgan fingerprint density at radius 2 is 1.52 bits per heavy atom. The quantitative estimate of drug-likeness (QED) is 0.796. The van der Waals surface area contributed by atoms with Gasteiger partial charge in [-0.15, -0.1) is 0 Å². The molecule has 0 aromatic heterocycles. The average Bonchev–Trinajstić information content (AvgIpc) is 2.63. The molecule has 0 aliphatic carbocycles. The molecule has 2 aliphatic rings. The number of amides is 2. The molecule has 0 spiro atoms. The van der Waals surface area contributed by atoms with Crippen molar-refractivity contribution >= 4 is 12.0 Å². The molecule has 2 heterocycles. The lowest BCUT2D eigenvalue weighted by molar-refractivity contribution is -0.132. The van der Waals surface area contributed by atoms with E-state index in [9.17, 15) is 9.59 Å². The van der Waals surface area contributed by atoms with E-state index in [4.69, 9.17) is 4.74 Å². The highest BCUT2D eigenvalue weighted by molar-refractivity contribution is 5.75. The molecule has 0 unspecified atom stereocenters. The molecule has 23 heavy (non-hydrogen) atoms. The molecule has 0 bridgehead atoms. The van der Waals surface area contributed by atoms with Crippen LogP contribution in [-0.2, 0) is 9.53 Å². The molecule has 0 aromatic rings. The van der Waals surface area contributed by atoms with Crippen LogP contribution in [0.2, 0.25) is 0 Å². The SMILES string of the molecule is CC.CCC(=O)N1CCC(CN2CCN(C(=O)OC)CC2)CC1. The second-order valence-electron chi connectivity index (χ2n) is 5.94. The summed E-state index contributed by atoms with van der Waals surface area (Å²) < 4.78 is 4.75. The second-order valence-corrected chi connectivity index (χ2v) is 5.94. The van der Waals surface area contributed by atoms with E-state index in [0.717, 1.165) is 58.7 Å². The van der Waals surface area contributed by atoms with Crippen molar-refractivity contribution in [2.75, 3.05) is 52.9 Å². The van der Waals surface area contributed by atoms with E-state index in [1.54, 1.807) is 4.90 Å². The molecule has 2 aliphatic heterocycles. The van der Waals surface area contributed by atoms with Crippen molar-refractivity contribution in [3.8, 4) is 0 Å². The zero-order valence-corrected chi connectivity index (χ0v) is 15.2. The third kappa shape index (κ3) is 6.01. The zero-order valence-electron chi connectivity index (χ0n) is 15.2. The number of likely N-dealkylation sites (tertiary alicyclic amines) is 1. The maximum Gasteiger partial charge on any atom is 0.409 e. The summed E-state index contributed by atoms with van der Waals surface area (Å²) in [5.41, 5.74) is 0. The smallest absolute Gasteiger partial charge is 0.409 e. The molecule has 0 atom stereocenters. The van der Waals surface area contributed by atoms with Crippen LogP contribution in [0.4, 0.5) is 4.79 Å². The Morgan fingerprint density at radius 3 is 2.00 bits per heavy atom. The number of hydrogen-bond donors (Lipinski definition) is 0. The molecule has 6 nitrogen and oxygen atoms in total. The number of nitrogens with zero attached hydrogens (tertiary/aromatic N) is 3. The Bertz CT molecular complexity index is 326. The first-order valence-corrected chi connectivity index (χ1v) is 8.97. The van der Waals surface area contributed by atoms with Gasteiger partial charge in [-0.05, 0) is 18.8 Å². The Morgan fingerprint density at radius 1 is 0.957 bits per heavy atom. The number of carbonyl (C=O) groups is 2. The van der Waals surface area contributed by atoms with Crippen LogP contribution in [0.1, 0.15) is 40.0 Å². The second kappa shape index (κ2) is 10.5. The summed E-state index contributed by atoms with van der Waals surface area (Å²) in [4.78, 5) is 29.3. The van der Waals surface area contributed by atoms with Crippen molar-refractivity contribution in [1.29, 1.82) is 0 Å². The summed E-state index contributed by atoms with van der Waals surface area (Å²) in [6, 6.07) is 0. The van der Waals surface area contributed by atoms with Gasteiger partial charge in [0.2, 0.25) is 5.91 Å². The first-order valence-electron chi connectivity index (χ1n) is 8.97. The van der Waals surface area contributed by atoms with E-state index >= 15 is 0 Å². The predicted molar refractivity (Wildman–Crippen MR) is 91.4 cm³/mol. The molecule has 0 aromatic carbocycles. The predicted octanol–water partition coefficient (Wildman–Crippen LogP) is 2.05. The molecular weight excluding hydrogens is 294 g/mol. The molecule has 0 saturated carbocycles. The topological polar surface area (TPSA) is 53.1 Å². The Balaban J connectivity index is 0.00000127. The Kier molecular flexibility index (Phi) is 8.99. The number of piperidine rings is 1. The molecule has 2 rings (SSSR count). The van der Waals surface area contributed by atoms with Gasteiger partial charge in [0.15, 0.2) is 0 Å². The fourth-order valence-electron chi connectivity index (χ4n) is 3.20. The van der Waals surface area contributed by atoms with E-state index in [0.29, 0.717) is 12.3 Å². The molecule has 2 saturated heterocycles. The molecule has 2 amide bonds. The highest BCUT2D eigenvalue weighted by Gasteiger charge is 2.26. The van der Waals surface area contributed by atoms with Crippen molar-refractivity contribution in [2.45, 2.75) is 40.0 Å². The summed E-state index contributed by atoms with van der Waals surface area (Å²) in [7, 11) is 1.43. The van der Waals surface area contributed by atoms with Crippen LogP contribution in [0.15, 0.2) is 0 Å². The highest BCUT2D eigenvalue weighted by atomic mass is 16.5. The minimum Gasteiger partial charge on any atom is -0.453 e. The van der Waals surface area contributed by atoms with Crippen molar-refractivity contribution in [3.05, 3.63) is 0 Å². The summed E-state index contributed by atoms with van der Waals surface area (Å²) in [5, 5.41) is 0. The third-order valence-electron chi connectivity index (χ3n) is 4.59. The van der Waals surface area contributed by atoms with Gasteiger partial charge in [0.25, 0.3) is 0 Å². The van der Waals surface area contributed by atoms with Crippen LogP contribution in [0.5, 0.6) is 0 Å². The minimum atomic E-state index is -0.221. The van der Waals surface area contributed by atoms with Gasteiger partial charge in [0, 0.05) is 52.2 Å².